The van der Waals surface area contributed by atoms with E-state index in [0.29, 0.717) is 5.88 Å². The summed E-state index contributed by atoms with van der Waals surface area (Å²) in [5.74, 6) is 2.29. The van der Waals surface area contributed by atoms with Crippen LogP contribution in [0.3, 0.4) is 0 Å². The van der Waals surface area contributed by atoms with Crippen LogP contribution in [-0.2, 0) is 5.72 Å². The molecule has 3 aromatic rings. The molecular weight excluding hydrogens is 326 g/mol. The maximum atomic E-state index is 6.40. The number of aryl methyl sites for hydroxylation is 2. The van der Waals surface area contributed by atoms with Gasteiger partial charge in [0.2, 0.25) is 11.6 Å². The highest BCUT2D eigenvalue weighted by atomic mass is 16.5. The van der Waals surface area contributed by atoms with Crippen LogP contribution >= 0.6 is 0 Å². The van der Waals surface area contributed by atoms with Crippen molar-refractivity contribution >= 4 is 5.69 Å². The average molecular weight is 345 g/mol. The number of nitrogens with one attached hydrogen (secondary N) is 1. The number of fused-ring (bicyclic) bond motifs is 3. The van der Waals surface area contributed by atoms with Gasteiger partial charge in [-0.05, 0) is 50.6 Å². The van der Waals surface area contributed by atoms with E-state index in [0.717, 1.165) is 34.1 Å². The highest BCUT2D eigenvalue weighted by Gasteiger charge is 2.47. The molecule has 0 radical (unpaired) electrons. The van der Waals surface area contributed by atoms with Crippen molar-refractivity contribution < 1.29 is 9.47 Å². The molecule has 2 aromatic carbocycles. The van der Waals surface area contributed by atoms with Gasteiger partial charge in [0.05, 0.1) is 17.1 Å². The number of ether oxygens (including phenoxy) is 2. The Labute approximate surface area is 151 Å². The molecule has 1 N–H and O–H groups in total. The summed E-state index contributed by atoms with van der Waals surface area (Å²) >= 11 is 0. The Hall–Kier alpha value is -3.21. The molecule has 26 heavy (non-hydrogen) atoms. The zero-order chi connectivity index (χ0) is 17.9. The Balaban J connectivity index is 1.70. The zero-order valence-electron chi connectivity index (χ0n) is 14.9. The van der Waals surface area contributed by atoms with Crippen molar-refractivity contribution in [2.75, 3.05) is 5.32 Å². The van der Waals surface area contributed by atoms with Crippen LogP contribution < -0.4 is 14.8 Å². The van der Waals surface area contributed by atoms with Crippen LogP contribution in [0, 0.1) is 13.8 Å². The van der Waals surface area contributed by atoms with E-state index in [4.69, 9.17) is 14.6 Å². The van der Waals surface area contributed by atoms with Crippen LogP contribution in [0.15, 0.2) is 60.4 Å². The third kappa shape index (κ3) is 2.07. The Morgan fingerprint density at radius 3 is 2.65 bits per heavy atom. The quantitative estimate of drug-likeness (QED) is 0.708. The minimum absolute atomic E-state index is 0.686. The van der Waals surface area contributed by atoms with Gasteiger partial charge in [-0.25, -0.2) is 4.68 Å². The molecule has 2 aliphatic heterocycles. The predicted molar refractivity (Wildman–Crippen MR) is 99.8 cm³/mol. The fourth-order valence-electron chi connectivity index (χ4n) is 3.72. The summed E-state index contributed by atoms with van der Waals surface area (Å²) in [7, 11) is 0. The van der Waals surface area contributed by atoms with Gasteiger partial charge < -0.3 is 14.8 Å². The molecule has 0 unspecified atom stereocenters. The van der Waals surface area contributed by atoms with Gasteiger partial charge in [-0.2, -0.15) is 5.10 Å². The molecule has 1 atom stereocenters. The Bertz CT molecular complexity index is 1050. The lowest BCUT2D eigenvalue weighted by molar-refractivity contribution is 0.153. The molecular formula is C21H19N3O2. The van der Waals surface area contributed by atoms with Gasteiger partial charge in [0.1, 0.15) is 17.1 Å². The number of rotatable bonds is 1. The molecule has 5 rings (SSSR count). The van der Waals surface area contributed by atoms with Crippen LogP contribution in [0.2, 0.25) is 0 Å². The van der Waals surface area contributed by atoms with Crippen LogP contribution in [0.25, 0.3) is 5.69 Å². The number of aromatic nitrogens is 2. The van der Waals surface area contributed by atoms with Crippen LogP contribution in [-0.4, -0.2) is 9.78 Å². The molecule has 3 heterocycles. The minimum atomic E-state index is -0.801. The van der Waals surface area contributed by atoms with Crippen molar-refractivity contribution in [2.45, 2.75) is 26.5 Å². The molecule has 130 valence electrons. The molecule has 5 heteroatoms. The van der Waals surface area contributed by atoms with Crippen molar-refractivity contribution in [1.29, 1.82) is 0 Å². The first-order valence-electron chi connectivity index (χ1n) is 8.66. The third-order valence-corrected chi connectivity index (χ3v) is 4.78. The number of nitrogens with zero attached hydrogens (tertiary/aromatic N) is 2. The first kappa shape index (κ1) is 15.1. The van der Waals surface area contributed by atoms with E-state index < -0.39 is 5.72 Å². The number of para-hydroxylation sites is 1. The summed E-state index contributed by atoms with van der Waals surface area (Å²) in [5, 5.41) is 8.29. The summed E-state index contributed by atoms with van der Waals surface area (Å²) in [6, 6.07) is 16.1. The highest BCUT2D eigenvalue weighted by molar-refractivity contribution is 5.67. The molecule has 1 spiro atoms. The standard InChI is InChI=1S/C21H19N3O2/c1-13-9-10-18-17(11-13)22-21(26-18)12-14(2)25-20-19(21)15(3)23-24(20)16-7-5-4-6-8-16/h4-12,22H,1-3H3/t21-/m1/s1. The second-order valence-corrected chi connectivity index (χ2v) is 6.83. The summed E-state index contributed by atoms with van der Waals surface area (Å²) in [4.78, 5) is 0. The van der Waals surface area contributed by atoms with Crippen LogP contribution in [0.1, 0.15) is 23.7 Å². The smallest absolute Gasteiger partial charge is 0.237 e. The molecule has 0 saturated carbocycles. The van der Waals surface area contributed by atoms with Gasteiger partial charge >= 0.3 is 0 Å². The first-order valence-corrected chi connectivity index (χ1v) is 8.66. The fraction of sp³-hybridized carbons (Fsp3) is 0.190. The van der Waals surface area contributed by atoms with Gasteiger partial charge in [-0.15, -0.1) is 0 Å². The van der Waals surface area contributed by atoms with Gasteiger partial charge in [0.25, 0.3) is 0 Å². The van der Waals surface area contributed by atoms with Gasteiger partial charge in [0, 0.05) is 6.08 Å². The molecule has 5 nitrogen and oxygen atoms in total. The molecule has 0 fully saturated rings. The van der Waals surface area contributed by atoms with Gasteiger partial charge in [0.15, 0.2) is 0 Å². The Morgan fingerprint density at radius 1 is 1.04 bits per heavy atom. The first-order chi connectivity index (χ1) is 12.6. The second kappa shape index (κ2) is 5.14. The number of hydrogen-bond donors (Lipinski definition) is 1. The number of benzene rings is 2. The summed E-state index contributed by atoms with van der Waals surface area (Å²) in [5.41, 5.74) is 4.08. The average Bonchev–Trinajstić information content (AvgIpc) is 3.13. The van der Waals surface area contributed by atoms with E-state index in [1.165, 1.54) is 5.56 Å². The molecule has 2 aliphatic rings. The van der Waals surface area contributed by atoms with Crippen molar-refractivity contribution in [2.24, 2.45) is 0 Å². The maximum Gasteiger partial charge on any atom is 0.237 e. The number of allylic oxidation sites excluding steroid dienone is 1. The SMILES string of the molecule is CC1=C[C@]2(Nc3cc(C)ccc3O2)c2c(C)nn(-c3ccccc3)c2O1. The van der Waals surface area contributed by atoms with Gasteiger partial charge in [-0.1, -0.05) is 24.3 Å². The molecule has 1 aromatic heterocycles. The predicted octanol–water partition coefficient (Wildman–Crippen LogP) is 4.44. The molecule has 0 bridgehead atoms. The molecule has 0 saturated heterocycles. The van der Waals surface area contributed by atoms with Gasteiger partial charge in [-0.3, -0.25) is 0 Å². The molecule has 0 amide bonds. The normalized spacial score (nSPS) is 19.9. The highest BCUT2D eigenvalue weighted by Crippen LogP contribution is 2.49. The van der Waals surface area contributed by atoms with Crippen molar-refractivity contribution in [1.82, 2.24) is 9.78 Å². The van der Waals surface area contributed by atoms with Crippen molar-refractivity contribution in [3.63, 3.8) is 0 Å². The van der Waals surface area contributed by atoms with Crippen LogP contribution in [0.5, 0.6) is 11.6 Å². The van der Waals surface area contributed by atoms with E-state index in [9.17, 15) is 0 Å². The number of anilines is 1. The summed E-state index contributed by atoms with van der Waals surface area (Å²) in [6.45, 7) is 5.99. The van der Waals surface area contributed by atoms with E-state index in [1.807, 2.05) is 61.0 Å². The maximum absolute atomic E-state index is 6.40. The monoisotopic (exact) mass is 345 g/mol. The van der Waals surface area contributed by atoms with E-state index in [-0.39, 0.29) is 0 Å². The second-order valence-electron chi connectivity index (χ2n) is 6.83. The summed E-state index contributed by atoms with van der Waals surface area (Å²) < 4.78 is 14.3. The largest absolute Gasteiger partial charge is 0.458 e. The lowest BCUT2D eigenvalue weighted by atomic mass is 10.0. The zero-order valence-corrected chi connectivity index (χ0v) is 14.9. The van der Waals surface area contributed by atoms with E-state index >= 15 is 0 Å². The fourth-order valence-corrected chi connectivity index (χ4v) is 3.72. The number of hydrogen-bond acceptors (Lipinski definition) is 4. The van der Waals surface area contributed by atoms with E-state index in [2.05, 4.69) is 24.4 Å². The minimum Gasteiger partial charge on any atom is -0.458 e. The van der Waals surface area contributed by atoms with Crippen molar-refractivity contribution in [3.8, 4) is 17.3 Å². The Kier molecular flexibility index (Phi) is 2.98. The van der Waals surface area contributed by atoms with Crippen LogP contribution in [0.4, 0.5) is 5.69 Å². The molecule has 0 aliphatic carbocycles. The third-order valence-electron chi connectivity index (χ3n) is 4.78. The topological polar surface area (TPSA) is 48.3 Å². The Morgan fingerprint density at radius 2 is 1.85 bits per heavy atom. The summed E-state index contributed by atoms with van der Waals surface area (Å²) in [6.07, 6.45) is 1.98. The lowest BCUT2D eigenvalue weighted by Gasteiger charge is -2.31. The lowest BCUT2D eigenvalue weighted by Crippen LogP contribution is -2.38. The van der Waals surface area contributed by atoms with Crippen molar-refractivity contribution in [3.05, 3.63) is 77.2 Å². The van der Waals surface area contributed by atoms with E-state index in [1.54, 1.807) is 0 Å².